The van der Waals surface area contributed by atoms with Gasteiger partial charge in [-0.3, -0.25) is 9.59 Å². The van der Waals surface area contributed by atoms with Crippen LogP contribution in [-0.4, -0.2) is 30.9 Å². The predicted octanol–water partition coefficient (Wildman–Crippen LogP) is 1.70. The predicted molar refractivity (Wildman–Crippen MR) is 98.8 cm³/mol. The zero-order valence-electron chi connectivity index (χ0n) is 15.0. The SMILES string of the molecule is CNC(=O)[C@@H](Cc1ccccc1)NC(=O)C[C@H](N)Cc1ccc(F)cc1F. The highest BCUT2D eigenvalue weighted by molar-refractivity contribution is 5.87. The van der Waals surface area contributed by atoms with Crippen molar-refractivity contribution in [2.75, 3.05) is 7.05 Å². The van der Waals surface area contributed by atoms with Crippen molar-refractivity contribution in [3.05, 3.63) is 71.3 Å². The third-order valence-electron chi connectivity index (χ3n) is 4.13. The second-order valence-electron chi connectivity index (χ2n) is 6.33. The Labute approximate surface area is 157 Å². The third-order valence-corrected chi connectivity index (χ3v) is 4.13. The first-order valence-corrected chi connectivity index (χ1v) is 8.63. The Morgan fingerprint density at radius 1 is 1.07 bits per heavy atom. The summed E-state index contributed by atoms with van der Waals surface area (Å²) in [6.45, 7) is 0. The van der Waals surface area contributed by atoms with Gasteiger partial charge < -0.3 is 16.4 Å². The van der Waals surface area contributed by atoms with Gasteiger partial charge in [0.1, 0.15) is 17.7 Å². The van der Waals surface area contributed by atoms with E-state index < -0.39 is 29.6 Å². The molecule has 27 heavy (non-hydrogen) atoms. The summed E-state index contributed by atoms with van der Waals surface area (Å²) in [6, 6.07) is 11.1. The molecule has 0 radical (unpaired) electrons. The summed E-state index contributed by atoms with van der Waals surface area (Å²) in [5.41, 5.74) is 7.07. The van der Waals surface area contributed by atoms with Gasteiger partial charge in [0, 0.05) is 32.0 Å². The fraction of sp³-hybridized carbons (Fsp3) is 0.300. The number of carbonyl (C=O) groups excluding carboxylic acids is 2. The number of rotatable bonds is 8. The van der Waals surface area contributed by atoms with Crippen molar-refractivity contribution in [3.63, 3.8) is 0 Å². The molecule has 0 spiro atoms. The Morgan fingerprint density at radius 3 is 2.41 bits per heavy atom. The lowest BCUT2D eigenvalue weighted by atomic mass is 10.0. The van der Waals surface area contributed by atoms with Crippen LogP contribution in [0.5, 0.6) is 0 Å². The van der Waals surface area contributed by atoms with E-state index in [2.05, 4.69) is 10.6 Å². The van der Waals surface area contributed by atoms with Crippen LogP contribution in [0.1, 0.15) is 17.5 Å². The highest BCUT2D eigenvalue weighted by Gasteiger charge is 2.21. The molecule has 0 unspecified atom stereocenters. The number of hydrogen-bond acceptors (Lipinski definition) is 3. The lowest BCUT2D eigenvalue weighted by molar-refractivity contribution is -0.128. The Balaban J connectivity index is 1.94. The minimum atomic E-state index is -0.736. The fourth-order valence-corrected chi connectivity index (χ4v) is 2.77. The standard InChI is InChI=1S/C20H23F2N3O2/c1-24-20(27)18(9-13-5-3-2-4-6-13)25-19(26)12-16(23)10-14-7-8-15(21)11-17(14)22/h2-8,11,16,18H,9-10,12,23H2,1H3,(H,24,27)(H,25,26)/t16-,18-/m1/s1. The molecule has 0 aliphatic carbocycles. The second kappa shape index (κ2) is 9.78. The summed E-state index contributed by atoms with van der Waals surface area (Å²) in [7, 11) is 1.50. The maximum absolute atomic E-state index is 13.7. The zero-order chi connectivity index (χ0) is 19.8. The van der Waals surface area contributed by atoms with Gasteiger partial charge in [-0.25, -0.2) is 8.78 Å². The molecule has 5 nitrogen and oxygen atoms in total. The molecule has 4 N–H and O–H groups in total. The molecule has 0 aliphatic heterocycles. The van der Waals surface area contributed by atoms with Gasteiger partial charge in [-0.2, -0.15) is 0 Å². The lowest BCUT2D eigenvalue weighted by Crippen LogP contribution is -2.48. The number of amides is 2. The monoisotopic (exact) mass is 375 g/mol. The van der Waals surface area contributed by atoms with Crippen LogP contribution in [0.25, 0.3) is 0 Å². The average Bonchev–Trinajstić information content (AvgIpc) is 2.63. The number of benzene rings is 2. The van der Waals surface area contributed by atoms with Gasteiger partial charge in [-0.1, -0.05) is 36.4 Å². The molecule has 0 aromatic heterocycles. The second-order valence-corrected chi connectivity index (χ2v) is 6.33. The zero-order valence-corrected chi connectivity index (χ0v) is 15.0. The lowest BCUT2D eigenvalue weighted by Gasteiger charge is -2.19. The van der Waals surface area contributed by atoms with Crippen molar-refractivity contribution in [2.24, 2.45) is 5.73 Å². The molecule has 0 fully saturated rings. The van der Waals surface area contributed by atoms with Crippen molar-refractivity contribution in [2.45, 2.75) is 31.3 Å². The van der Waals surface area contributed by atoms with Gasteiger partial charge in [0.05, 0.1) is 0 Å². The smallest absolute Gasteiger partial charge is 0.242 e. The quantitative estimate of drug-likeness (QED) is 0.657. The number of nitrogens with two attached hydrogens (primary N) is 1. The van der Waals surface area contributed by atoms with E-state index in [-0.39, 0.29) is 24.3 Å². The normalized spacial score (nSPS) is 12.9. The van der Waals surface area contributed by atoms with E-state index in [0.717, 1.165) is 17.7 Å². The first kappa shape index (κ1) is 20.5. The highest BCUT2D eigenvalue weighted by Crippen LogP contribution is 2.12. The molecule has 7 heteroatoms. The minimum absolute atomic E-state index is 0.0842. The molecular formula is C20H23F2N3O2. The van der Waals surface area contributed by atoms with Crippen LogP contribution >= 0.6 is 0 Å². The topological polar surface area (TPSA) is 84.2 Å². The van der Waals surface area contributed by atoms with E-state index in [1.807, 2.05) is 30.3 Å². The average molecular weight is 375 g/mol. The summed E-state index contributed by atoms with van der Waals surface area (Å²) in [5, 5.41) is 5.20. The van der Waals surface area contributed by atoms with Crippen LogP contribution in [0.15, 0.2) is 48.5 Å². The molecule has 2 amide bonds. The molecule has 144 valence electrons. The fourth-order valence-electron chi connectivity index (χ4n) is 2.77. The van der Waals surface area contributed by atoms with E-state index in [1.54, 1.807) is 0 Å². The van der Waals surface area contributed by atoms with Crippen LogP contribution in [-0.2, 0) is 22.4 Å². The van der Waals surface area contributed by atoms with Gasteiger partial charge >= 0.3 is 0 Å². The molecule has 0 heterocycles. The summed E-state index contributed by atoms with van der Waals surface area (Å²) in [4.78, 5) is 24.3. The third kappa shape index (κ3) is 6.45. The van der Waals surface area contributed by atoms with Crippen LogP contribution in [0.4, 0.5) is 8.78 Å². The van der Waals surface area contributed by atoms with Gasteiger partial charge in [-0.15, -0.1) is 0 Å². The van der Waals surface area contributed by atoms with Gasteiger partial charge in [-0.05, 0) is 23.6 Å². The number of halogens is 2. The summed E-state index contributed by atoms with van der Waals surface area (Å²) >= 11 is 0. The van der Waals surface area contributed by atoms with E-state index >= 15 is 0 Å². The van der Waals surface area contributed by atoms with E-state index in [4.69, 9.17) is 5.73 Å². The maximum atomic E-state index is 13.7. The largest absolute Gasteiger partial charge is 0.357 e. The van der Waals surface area contributed by atoms with Crippen molar-refractivity contribution < 1.29 is 18.4 Å². The van der Waals surface area contributed by atoms with Gasteiger partial charge in [0.2, 0.25) is 11.8 Å². The van der Waals surface area contributed by atoms with Crippen LogP contribution in [0.2, 0.25) is 0 Å². The Hall–Kier alpha value is -2.80. The maximum Gasteiger partial charge on any atom is 0.242 e. The minimum Gasteiger partial charge on any atom is -0.357 e. The van der Waals surface area contributed by atoms with E-state index in [9.17, 15) is 18.4 Å². The summed E-state index contributed by atoms with van der Waals surface area (Å²) in [5.74, 6) is -2.09. The van der Waals surface area contributed by atoms with Crippen LogP contribution in [0, 0.1) is 11.6 Å². The Morgan fingerprint density at radius 2 is 1.78 bits per heavy atom. The number of likely N-dealkylation sites (N-methyl/N-ethyl adjacent to an activating group) is 1. The molecule has 0 bridgehead atoms. The van der Waals surface area contributed by atoms with Crippen molar-refractivity contribution in [1.29, 1.82) is 0 Å². The number of carbonyl (C=O) groups is 2. The number of hydrogen-bond donors (Lipinski definition) is 3. The molecule has 2 aromatic carbocycles. The molecule has 0 saturated heterocycles. The first-order chi connectivity index (χ1) is 12.9. The highest BCUT2D eigenvalue weighted by atomic mass is 19.1. The van der Waals surface area contributed by atoms with Crippen molar-refractivity contribution >= 4 is 11.8 Å². The molecule has 2 aromatic rings. The van der Waals surface area contributed by atoms with Crippen molar-refractivity contribution in [3.8, 4) is 0 Å². The van der Waals surface area contributed by atoms with E-state index in [1.165, 1.54) is 13.1 Å². The first-order valence-electron chi connectivity index (χ1n) is 8.63. The van der Waals surface area contributed by atoms with E-state index in [0.29, 0.717) is 6.42 Å². The number of nitrogens with one attached hydrogen (secondary N) is 2. The molecular weight excluding hydrogens is 352 g/mol. The molecule has 0 saturated carbocycles. The van der Waals surface area contributed by atoms with Crippen molar-refractivity contribution in [1.82, 2.24) is 10.6 Å². The van der Waals surface area contributed by atoms with Crippen LogP contribution in [0.3, 0.4) is 0 Å². The van der Waals surface area contributed by atoms with Gasteiger partial charge in [0.15, 0.2) is 0 Å². The Kier molecular flexibility index (Phi) is 7.43. The molecule has 0 aliphatic rings. The molecule has 2 atom stereocenters. The van der Waals surface area contributed by atoms with Crippen LogP contribution < -0.4 is 16.4 Å². The summed E-state index contributed by atoms with van der Waals surface area (Å²) in [6.07, 6.45) is 0.343. The summed E-state index contributed by atoms with van der Waals surface area (Å²) < 4.78 is 26.7. The van der Waals surface area contributed by atoms with Gasteiger partial charge in [0.25, 0.3) is 0 Å². The molecule has 2 rings (SSSR count). The Bertz CT molecular complexity index is 784.